The van der Waals surface area contributed by atoms with E-state index in [0.717, 1.165) is 28.6 Å². The van der Waals surface area contributed by atoms with E-state index in [1.807, 2.05) is 51.1 Å². The fourth-order valence-corrected chi connectivity index (χ4v) is 2.29. The third kappa shape index (κ3) is 3.11. The van der Waals surface area contributed by atoms with E-state index < -0.39 is 6.10 Å². The van der Waals surface area contributed by atoms with Gasteiger partial charge in [-0.05, 0) is 44.0 Å². The van der Waals surface area contributed by atoms with E-state index in [2.05, 4.69) is 4.98 Å². The number of aliphatic hydroxyl groups is 1. The molecule has 0 aliphatic heterocycles. The van der Waals surface area contributed by atoms with Crippen LogP contribution in [0, 0.1) is 6.92 Å². The molecule has 0 saturated heterocycles. The van der Waals surface area contributed by atoms with Crippen molar-refractivity contribution in [2.24, 2.45) is 0 Å². The summed E-state index contributed by atoms with van der Waals surface area (Å²) < 4.78 is 5.57. The second-order valence-electron chi connectivity index (χ2n) is 4.75. The molecule has 0 bridgehead atoms. The van der Waals surface area contributed by atoms with Crippen LogP contribution in [-0.4, -0.2) is 22.8 Å². The van der Waals surface area contributed by atoms with Gasteiger partial charge in [0.05, 0.1) is 11.6 Å². The first-order chi connectivity index (χ1) is 9.15. The number of aromatic nitrogens is 1. The monoisotopic (exact) mass is 259 g/mol. The average Bonchev–Trinajstić information content (AvgIpc) is 2.43. The van der Waals surface area contributed by atoms with Crippen LogP contribution in [0.25, 0.3) is 10.9 Å². The van der Waals surface area contributed by atoms with Crippen molar-refractivity contribution in [2.75, 3.05) is 6.61 Å². The average molecular weight is 259 g/mol. The molecule has 0 aliphatic carbocycles. The largest absolute Gasteiger partial charge is 0.386 e. The molecule has 0 radical (unpaired) electrons. The second-order valence-corrected chi connectivity index (χ2v) is 4.75. The lowest BCUT2D eigenvalue weighted by Gasteiger charge is -2.22. The quantitative estimate of drug-likeness (QED) is 0.895. The molecule has 0 amide bonds. The van der Waals surface area contributed by atoms with E-state index >= 15 is 0 Å². The minimum absolute atomic E-state index is 0.152. The number of pyridine rings is 1. The third-order valence-corrected chi connectivity index (χ3v) is 3.33. The summed E-state index contributed by atoms with van der Waals surface area (Å²) in [6, 6.07) is 9.91. The number of hydrogen-bond donors (Lipinski definition) is 1. The highest BCUT2D eigenvalue weighted by molar-refractivity contribution is 5.79. The van der Waals surface area contributed by atoms with Gasteiger partial charge in [0.25, 0.3) is 0 Å². The lowest BCUT2D eigenvalue weighted by Crippen LogP contribution is -2.21. The smallest absolute Gasteiger partial charge is 0.105 e. The van der Waals surface area contributed by atoms with Crippen LogP contribution < -0.4 is 0 Å². The first-order valence-electron chi connectivity index (χ1n) is 6.82. The topological polar surface area (TPSA) is 42.4 Å². The first kappa shape index (κ1) is 14.0. The molecular formula is C16H21NO2. The van der Waals surface area contributed by atoms with Gasteiger partial charge in [-0.2, -0.15) is 0 Å². The third-order valence-electron chi connectivity index (χ3n) is 3.33. The predicted octanol–water partition coefficient (Wildman–Crippen LogP) is 3.39. The van der Waals surface area contributed by atoms with Gasteiger partial charge < -0.3 is 9.84 Å². The van der Waals surface area contributed by atoms with Crippen LogP contribution in [0.3, 0.4) is 0 Å². The molecule has 1 aromatic heterocycles. The maximum atomic E-state index is 10.4. The highest BCUT2D eigenvalue weighted by Gasteiger charge is 2.19. The molecule has 0 fully saturated rings. The minimum Gasteiger partial charge on any atom is -0.386 e. The maximum Gasteiger partial charge on any atom is 0.105 e. The van der Waals surface area contributed by atoms with Crippen LogP contribution >= 0.6 is 0 Å². The Bertz CT molecular complexity index is 553. The van der Waals surface area contributed by atoms with Crippen molar-refractivity contribution in [3.05, 3.63) is 41.6 Å². The molecule has 2 rings (SSSR count). The van der Waals surface area contributed by atoms with Gasteiger partial charge in [0, 0.05) is 17.7 Å². The number of hydrogen-bond acceptors (Lipinski definition) is 3. The van der Waals surface area contributed by atoms with Gasteiger partial charge in [-0.1, -0.05) is 19.1 Å². The number of aliphatic hydroxyl groups excluding tert-OH is 1. The number of fused-ring (bicyclic) bond motifs is 1. The molecule has 3 heteroatoms. The SMILES string of the molecule is CCOC(CC)C(O)c1ccc2nc(C)ccc2c1. The lowest BCUT2D eigenvalue weighted by atomic mass is 10.0. The van der Waals surface area contributed by atoms with Crippen molar-refractivity contribution in [3.63, 3.8) is 0 Å². The van der Waals surface area contributed by atoms with Gasteiger partial charge in [0.15, 0.2) is 0 Å². The molecule has 3 nitrogen and oxygen atoms in total. The van der Waals surface area contributed by atoms with Gasteiger partial charge in [0.1, 0.15) is 6.10 Å². The summed E-state index contributed by atoms with van der Waals surface area (Å²) >= 11 is 0. The van der Waals surface area contributed by atoms with Gasteiger partial charge in [-0.15, -0.1) is 0 Å². The number of rotatable bonds is 5. The number of benzene rings is 1. The van der Waals surface area contributed by atoms with E-state index in [0.29, 0.717) is 6.61 Å². The zero-order valence-corrected chi connectivity index (χ0v) is 11.8. The second kappa shape index (κ2) is 6.13. The molecule has 0 spiro atoms. The molecule has 0 aliphatic rings. The Morgan fingerprint density at radius 1 is 1.21 bits per heavy atom. The molecule has 102 valence electrons. The number of ether oxygens (including phenoxy) is 1. The molecule has 2 atom stereocenters. The number of aryl methyl sites for hydroxylation is 1. The highest BCUT2D eigenvalue weighted by atomic mass is 16.5. The number of nitrogens with zero attached hydrogens (tertiary/aromatic N) is 1. The summed E-state index contributed by atoms with van der Waals surface area (Å²) in [6.45, 7) is 6.56. The van der Waals surface area contributed by atoms with E-state index in [9.17, 15) is 5.11 Å². The minimum atomic E-state index is -0.587. The van der Waals surface area contributed by atoms with Crippen molar-refractivity contribution in [3.8, 4) is 0 Å². The molecule has 1 N–H and O–H groups in total. The van der Waals surface area contributed by atoms with Crippen LogP contribution in [0.2, 0.25) is 0 Å². The highest BCUT2D eigenvalue weighted by Crippen LogP contribution is 2.24. The fraction of sp³-hybridized carbons (Fsp3) is 0.438. The van der Waals surface area contributed by atoms with Gasteiger partial charge >= 0.3 is 0 Å². The van der Waals surface area contributed by atoms with Gasteiger partial charge in [-0.3, -0.25) is 4.98 Å². The van der Waals surface area contributed by atoms with E-state index in [1.54, 1.807) is 0 Å². The molecular weight excluding hydrogens is 238 g/mol. The van der Waals surface area contributed by atoms with Crippen molar-refractivity contribution in [2.45, 2.75) is 39.4 Å². The van der Waals surface area contributed by atoms with E-state index in [1.165, 1.54) is 0 Å². The zero-order valence-electron chi connectivity index (χ0n) is 11.8. The van der Waals surface area contributed by atoms with Crippen LogP contribution in [0.4, 0.5) is 0 Å². The Labute approximate surface area is 114 Å². The molecule has 2 aromatic rings. The molecule has 2 unspecified atom stereocenters. The zero-order chi connectivity index (χ0) is 13.8. The molecule has 1 heterocycles. The van der Waals surface area contributed by atoms with Crippen LogP contribution in [0.15, 0.2) is 30.3 Å². The molecule has 19 heavy (non-hydrogen) atoms. The first-order valence-corrected chi connectivity index (χ1v) is 6.82. The summed E-state index contributed by atoms with van der Waals surface area (Å²) in [7, 11) is 0. The predicted molar refractivity (Wildman–Crippen MR) is 77.1 cm³/mol. The standard InChI is InChI=1S/C16H21NO2/c1-4-15(19-5-2)16(18)13-8-9-14-12(10-13)7-6-11(3)17-14/h6-10,15-16,18H,4-5H2,1-3H3. The molecule has 0 saturated carbocycles. The van der Waals surface area contributed by atoms with E-state index in [-0.39, 0.29) is 6.10 Å². The fourth-order valence-electron chi connectivity index (χ4n) is 2.29. The van der Waals surface area contributed by atoms with Crippen LogP contribution in [0.1, 0.15) is 37.6 Å². The Hall–Kier alpha value is -1.45. The van der Waals surface area contributed by atoms with Crippen molar-refractivity contribution < 1.29 is 9.84 Å². The normalized spacial score (nSPS) is 14.5. The summed E-state index contributed by atoms with van der Waals surface area (Å²) in [5.41, 5.74) is 2.85. The maximum absolute atomic E-state index is 10.4. The summed E-state index contributed by atoms with van der Waals surface area (Å²) in [6.07, 6.45) is 0.0515. The van der Waals surface area contributed by atoms with Crippen LogP contribution in [0.5, 0.6) is 0 Å². The Kier molecular flexibility index (Phi) is 4.51. The Morgan fingerprint density at radius 3 is 2.68 bits per heavy atom. The molecule has 1 aromatic carbocycles. The Morgan fingerprint density at radius 2 is 2.00 bits per heavy atom. The van der Waals surface area contributed by atoms with Crippen molar-refractivity contribution in [1.82, 2.24) is 4.98 Å². The summed E-state index contributed by atoms with van der Waals surface area (Å²) in [5, 5.41) is 11.4. The van der Waals surface area contributed by atoms with Gasteiger partial charge in [0.2, 0.25) is 0 Å². The lowest BCUT2D eigenvalue weighted by molar-refractivity contribution is -0.0355. The van der Waals surface area contributed by atoms with Gasteiger partial charge in [-0.25, -0.2) is 0 Å². The van der Waals surface area contributed by atoms with E-state index in [4.69, 9.17) is 4.74 Å². The summed E-state index contributed by atoms with van der Waals surface area (Å²) in [5.74, 6) is 0. The van der Waals surface area contributed by atoms with Crippen LogP contribution in [-0.2, 0) is 4.74 Å². The van der Waals surface area contributed by atoms with Crippen molar-refractivity contribution >= 4 is 10.9 Å². The van der Waals surface area contributed by atoms with Crippen molar-refractivity contribution in [1.29, 1.82) is 0 Å². The Balaban J connectivity index is 2.32. The summed E-state index contributed by atoms with van der Waals surface area (Å²) in [4.78, 5) is 4.46.